The van der Waals surface area contributed by atoms with E-state index in [1.165, 1.54) is 0 Å². The van der Waals surface area contributed by atoms with Crippen LogP contribution in [-0.4, -0.2) is 58.1 Å². The summed E-state index contributed by atoms with van der Waals surface area (Å²) < 4.78 is 7.31. The summed E-state index contributed by atoms with van der Waals surface area (Å²) in [4.78, 5) is 22.2. The zero-order valence-electron chi connectivity index (χ0n) is 15.3. The Morgan fingerprint density at radius 1 is 1.19 bits per heavy atom. The van der Waals surface area contributed by atoms with Crippen molar-refractivity contribution in [3.63, 3.8) is 0 Å². The van der Waals surface area contributed by atoms with Gasteiger partial charge in [-0.3, -0.25) is 14.7 Å². The van der Waals surface area contributed by atoms with Crippen molar-refractivity contribution in [2.75, 3.05) is 32.8 Å². The van der Waals surface area contributed by atoms with Gasteiger partial charge in [0, 0.05) is 39.4 Å². The molecule has 1 amide bonds. The second kappa shape index (κ2) is 7.60. The van der Waals surface area contributed by atoms with Crippen LogP contribution in [0.15, 0.2) is 36.5 Å². The fourth-order valence-electron chi connectivity index (χ4n) is 3.91. The second-order valence-corrected chi connectivity index (χ2v) is 7.10. The van der Waals surface area contributed by atoms with E-state index in [1.54, 1.807) is 0 Å². The molecule has 0 bridgehead atoms. The average molecular weight is 354 g/mol. The van der Waals surface area contributed by atoms with Crippen molar-refractivity contribution in [3.8, 4) is 0 Å². The smallest absolute Gasteiger partial charge is 0.271 e. The largest absolute Gasteiger partial charge is 0.379 e. The van der Waals surface area contributed by atoms with Crippen LogP contribution in [-0.2, 0) is 18.3 Å². The number of ether oxygens (including phenoxy) is 1. The Hall–Kier alpha value is -2.18. The summed E-state index contributed by atoms with van der Waals surface area (Å²) in [5.74, 6) is 0.0976. The fourth-order valence-corrected chi connectivity index (χ4v) is 3.91. The van der Waals surface area contributed by atoms with Gasteiger partial charge in [-0.25, -0.2) is 0 Å². The van der Waals surface area contributed by atoms with Gasteiger partial charge in [-0.15, -0.1) is 0 Å². The van der Waals surface area contributed by atoms with Gasteiger partial charge >= 0.3 is 0 Å². The van der Waals surface area contributed by atoms with Crippen LogP contribution in [0.2, 0.25) is 0 Å². The maximum atomic E-state index is 13.0. The van der Waals surface area contributed by atoms with Crippen LogP contribution in [0.25, 0.3) is 0 Å². The van der Waals surface area contributed by atoms with E-state index in [2.05, 4.69) is 23.1 Å². The lowest BCUT2D eigenvalue weighted by atomic mass is 10.1. The van der Waals surface area contributed by atoms with E-state index >= 15 is 0 Å². The topological polar surface area (TPSA) is 50.6 Å². The van der Waals surface area contributed by atoms with Crippen LogP contribution < -0.4 is 0 Å². The number of nitrogens with zero attached hydrogens (tertiary/aromatic N) is 4. The number of carbonyl (C=O) groups excluding carboxylic acids is 1. The average Bonchev–Trinajstić information content (AvgIpc) is 3.31. The maximum Gasteiger partial charge on any atom is 0.271 e. The van der Waals surface area contributed by atoms with Gasteiger partial charge in [-0.1, -0.05) is 6.07 Å². The third kappa shape index (κ3) is 3.52. The molecule has 2 aromatic heterocycles. The zero-order valence-corrected chi connectivity index (χ0v) is 15.3. The van der Waals surface area contributed by atoms with Crippen molar-refractivity contribution in [1.29, 1.82) is 0 Å². The lowest BCUT2D eigenvalue weighted by molar-refractivity contribution is 0.0336. The van der Waals surface area contributed by atoms with Gasteiger partial charge in [0.25, 0.3) is 5.91 Å². The number of rotatable bonds is 4. The molecule has 0 N–H and O–H groups in total. The van der Waals surface area contributed by atoms with E-state index in [-0.39, 0.29) is 11.9 Å². The number of aromatic nitrogens is 2. The molecule has 1 atom stereocenters. The monoisotopic (exact) mass is 354 g/mol. The SMILES string of the molecule is Cn1cccc1C(=O)N1CCCC1c1cccc(CN2CCOCC2)n1. The van der Waals surface area contributed by atoms with Crippen LogP contribution in [0, 0.1) is 0 Å². The highest BCUT2D eigenvalue weighted by Crippen LogP contribution is 2.32. The molecule has 138 valence electrons. The summed E-state index contributed by atoms with van der Waals surface area (Å²) in [6, 6.07) is 10.1. The molecule has 2 fully saturated rings. The molecule has 6 heteroatoms. The number of morpholine rings is 1. The van der Waals surface area contributed by atoms with Gasteiger partial charge in [0.1, 0.15) is 5.69 Å². The molecular formula is C20H26N4O2. The number of hydrogen-bond donors (Lipinski definition) is 0. The third-order valence-corrected chi connectivity index (χ3v) is 5.34. The van der Waals surface area contributed by atoms with E-state index < -0.39 is 0 Å². The van der Waals surface area contributed by atoms with Crippen LogP contribution in [0.1, 0.15) is 40.8 Å². The minimum Gasteiger partial charge on any atom is -0.379 e. The Kier molecular flexibility index (Phi) is 5.04. The van der Waals surface area contributed by atoms with E-state index in [0.29, 0.717) is 0 Å². The molecule has 0 aromatic carbocycles. The van der Waals surface area contributed by atoms with Gasteiger partial charge < -0.3 is 14.2 Å². The van der Waals surface area contributed by atoms with Gasteiger partial charge in [0.05, 0.1) is 30.6 Å². The predicted molar refractivity (Wildman–Crippen MR) is 98.8 cm³/mol. The molecule has 1 unspecified atom stereocenters. The number of pyridine rings is 1. The Morgan fingerprint density at radius 3 is 2.81 bits per heavy atom. The van der Waals surface area contributed by atoms with E-state index in [4.69, 9.17) is 9.72 Å². The second-order valence-electron chi connectivity index (χ2n) is 7.10. The van der Waals surface area contributed by atoms with Crippen molar-refractivity contribution in [1.82, 2.24) is 19.4 Å². The van der Waals surface area contributed by atoms with Gasteiger partial charge in [0.2, 0.25) is 0 Å². The minimum absolute atomic E-state index is 0.0713. The number of hydrogen-bond acceptors (Lipinski definition) is 4. The van der Waals surface area contributed by atoms with Gasteiger partial charge in [-0.2, -0.15) is 0 Å². The van der Waals surface area contributed by atoms with Crippen molar-refractivity contribution >= 4 is 5.91 Å². The molecule has 0 saturated carbocycles. The van der Waals surface area contributed by atoms with Crippen LogP contribution in [0.5, 0.6) is 0 Å². The molecule has 2 saturated heterocycles. The molecule has 2 aliphatic heterocycles. The van der Waals surface area contributed by atoms with Crippen LogP contribution in [0.3, 0.4) is 0 Å². The normalized spacial score (nSPS) is 21.3. The number of aryl methyl sites for hydroxylation is 1. The van der Waals surface area contributed by atoms with Crippen molar-refractivity contribution in [3.05, 3.63) is 53.6 Å². The highest BCUT2D eigenvalue weighted by Gasteiger charge is 2.32. The molecule has 2 aromatic rings. The fraction of sp³-hybridized carbons (Fsp3) is 0.500. The maximum absolute atomic E-state index is 13.0. The molecule has 4 rings (SSSR count). The Morgan fingerprint density at radius 2 is 2.04 bits per heavy atom. The zero-order chi connectivity index (χ0) is 17.9. The van der Waals surface area contributed by atoms with E-state index in [9.17, 15) is 4.79 Å². The quantitative estimate of drug-likeness (QED) is 0.845. The first kappa shape index (κ1) is 17.2. The van der Waals surface area contributed by atoms with Crippen molar-refractivity contribution in [2.45, 2.75) is 25.4 Å². The molecule has 4 heterocycles. The molecule has 0 aliphatic carbocycles. The highest BCUT2D eigenvalue weighted by molar-refractivity contribution is 5.93. The van der Waals surface area contributed by atoms with E-state index in [1.807, 2.05) is 34.8 Å². The number of likely N-dealkylation sites (tertiary alicyclic amines) is 1. The summed E-state index contributed by atoms with van der Waals surface area (Å²) in [6.45, 7) is 5.13. The first-order valence-electron chi connectivity index (χ1n) is 9.40. The summed E-state index contributed by atoms with van der Waals surface area (Å²) in [5, 5.41) is 0. The standard InChI is InChI=1S/C20H26N4O2/c1-22-9-3-8-19(22)20(25)24-10-4-7-18(24)17-6-2-5-16(21-17)15-23-11-13-26-14-12-23/h2-3,5-6,8-9,18H,4,7,10-15H2,1H3. The molecule has 26 heavy (non-hydrogen) atoms. The van der Waals surface area contributed by atoms with Gasteiger partial charge in [-0.05, 0) is 37.1 Å². The van der Waals surface area contributed by atoms with Crippen LogP contribution in [0.4, 0.5) is 0 Å². The Balaban J connectivity index is 1.51. The highest BCUT2D eigenvalue weighted by atomic mass is 16.5. The molecular weight excluding hydrogens is 328 g/mol. The molecule has 0 radical (unpaired) electrons. The van der Waals surface area contributed by atoms with Gasteiger partial charge in [0.15, 0.2) is 0 Å². The van der Waals surface area contributed by atoms with Crippen LogP contribution >= 0.6 is 0 Å². The lowest BCUT2D eigenvalue weighted by Gasteiger charge is -2.27. The number of carbonyl (C=O) groups is 1. The van der Waals surface area contributed by atoms with E-state index in [0.717, 1.165) is 69.3 Å². The first-order chi connectivity index (χ1) is 12.7. The Labute approximate surface area is 154 Å². The van der Waals surface area contributed by atoms with Crippen molar-refractivity contribution < 1.29 is 9.53 Å². The molecule has 0 spiro atoms. The summed E-state index contributed by atoms with van der Waals surface area (Å²) >= 11 is 0. The first-order valence-corrected chi connectivity index (χ1v) is 9.40. The summed E-state index contributed by atoms with van der Waals surface area (Å²) in [7, 11) is 1.92. The molecule has 6 nitrogen and oxygen atoms in total. The lowest BCUT2D eigenvalue weighted by Crippen LogP contribution is -2.36. The summed E-state index contributed by atoms with van der Waals surface area (Å²) in [6.07, 6.45) is 3.92. The number of amides is 1. The third-order valence-electron chi connectivity index (χ3n) is 5.34. The minimum atomic E-state index is 0.0713. The Bertz CT molecular complexity index is 767. The summed E-state index contributed by atoms with van der Waals surface area (Å²) in [5.41, 5.74) is 2.82. The molecule has 2 aliphatic rings. The predicted octanol–water partition coefficient (Wildman–Crippen LogP) is 2.23. The van der Waals surface area contributed by atoms with Crippen molar-refractivity contribution in [2.24, 2.45) is 7.05 Å².